The lowest BCUT2D eigenvalue weighted by molar-refractivity contribution is 0.456. The second-order valence-corrected chi connectivity index (χ2v) is 8.48. The molecule has 3 aliphatic rings. The molecule has 1 aromatic carbocycles. The Balaban J connectivity index is 1.62. The van der Waals surface area contributed by atoms with Crippen LogP contribution in [0.2, 0.25) is 0 Å². The first kappa shape index (κ1) is 13.4. The fourth-order valence-corrected chi connectivity index (χ4v) is 5.62. The van der Waals surface area contributed by atoms with Gasteiger partial charge in [-0.15, -0.1) is 0 Å². The highest BCUT2D eigenvalue weighted by Gasteiger charge is 2.65. The van der Waals surface area contributed by atoms with Gasteiger partial charge in [-0.2, -0.15) is 0 Å². The molecule has 3 aliphatic carbocycles. The number of benzene rings is 1. The monoisotopic (exact) mass is 307 g/mol. The van der Waals surface area contributed by atoms with E-state index in [4.69, 9.17) is 5.73 Å². The van der Waals surface area contributed by atoms with Gasteiger partial charge in [0.1, 0.15) is 4.90 Å². The molecule has 4 rings (SSSR count). The van der Waals surface area contributed by atoms with Crippen LogP contribution in [-0.4, -0.2) is 21.5 Å². The number of anilines is 2. The Kier molecular flexibility index (Phi) is 2.78. The second-order valence-electron chi connectivity index (χ2n) is 6.62. The molecule has 6 heteroatoms. The van der Waals surface area contributed by atoms with E-state index in [1.54, 1.807) is 12.1 Å². The van der Waals surface area contributed by atoms with Crippen molar-refractivity contribution in [3.8, 4) is 0 Å². The van der Waals surface area contributed by atoms with Crippen molar-refractivity contribution in [3.63, 3.8) is 0 Å². The average molecular weight is 307 g/mol. The quantitative estimate of drug-likeness (QED) is 0.738. The molecule has 3 saturated carbocycles. The number of nitrogens with two attached hydrogens (primary N) is 1. The van der Waals surface area contributed by atoms with Gasteiger partial charge in [0.15, 0.2) is 0 Å². The maximum absolute atomic E-state index is 12.2. The number of nitrogens with one attached hydrogen (secondary N) is 2. The van der Waals surface area contributed by atoms with Gasteiger partial charge in [0, 0.05) is 11.7 Å². The Bertz CT molecular complexity index is 672. The maximum atomic E-state index is 12.2. The molecule has 0 aliphatic heterocycles. The Morgan fingerprint density at radius 2 is 1.86 bits per heavy atom. The summed E-state index contributed by atoms with van der Waals surface area (Å²) in [6.45, 7) is 0. The number of rotatable bonds is 4. The molecule has 4 atom stereocenters. The van der Waals surface area contributed by atoms with Crippen molar-refractivity contribution in [1.29, 1.82) is 0 Å². The van der Waals surface area contributed by atoms with Crippen LogP contribution >= 0.6 is 0 Å². The average Bonchev–Trinajstić information content (AvgIpc) is 2.84. The number of hydrogen-bond donors (Lipinski definition) is 3. The minimum Gasteiger partial charge on any atom is -0.399 e. The summed E-state index contributed by atoms with van der Waals surface area (Å²) < 4.78 is 26.7. The van der Waals surface area contributed by atoms with Gasteiger partial charge >= 0.3 is 0 Å². The van der Waals surface area contributed by atoms with E-state index in [2.05, 4.69) is 10.0 Å². The van der Waals surface area contributed by atoms with Gasteiger partial charge < -0.3 is 11.1 Å². The number of nitrogen functional groups attached to an aromatic ring is 1. The van der Waals surface area contributed by atoms with Gasteiger partial charge in [0.2, 0.25) is 10.0 Å². The molecule has 21 heavy (non-hydrogen) atoms. The van der Waals surface area contributed by atoms with E-state index in [1.807, 2.05) is 0 Å². The lowest BCUT2D eigenvalue weighted by Gasteiger charge is -2.15. The zero-order valence-corrected chi connectivity index (χ0v) is 12.9. The lowest BCUT2D eigenvalue weighted by Crippen LogP contribution is -2.22. The highest BCUT2D eigenvalue weighted by Crippen LogP contribution is 2.66. The van der Waals surface area contributed by atoms with E-state index in [9.17, 15) is 8.42 Å². The van der Waals surface area contributed by atoms with Gasteiger partial charge in [-0.25, -0.2) is 13.1 Å². The van der Waals surface area contributed by atoms with Crippen LogP contribution in [0, 0.1) is 23.7 Å². The third kappa shape index (κ3) is 1.96. The first-order valence-corrected chi connectivity index (χ1v) is 9.09. The highest BCUT2D eigenvalue weighted by molar-refractivity contribution is 7.89. The van der Waals surface area contributed by atoms with Crippen molar-refractivity contribution in [3.05, 3.63) is 18.2 Å². The van der Waals surface area contributed by atoms with E-state index in [0.717, 1.165) is 23.7 Å². The highest BCUT2D eigenvalue weighted by atomic mass is 32.2. The van der Waals surface area contributed by atoms with Crippen molar-refractivity contribution in [2.45, 2.75) is 30.2 Å². The summed E-state index contributed by atoms with van der Waals surface area (Å²) in [5.41, 5.74) is 6.89. The van der Waals surface area contributed by atoms with Crippen molar-refractivity contribution in [2.24, 2.45) is 23.7 Å². The van der Waals surface area contributed by atoms with Crippen molar-refractivity contribution < 1.29 is 8.42 Å². The summed E-state index contributed by atoms with van der Waals surface area (Å²) in [5.74, 6) is 3.23. The molecule has 114 valence electrons. The molecule has 0 amide bonds. The normalized spacial score (nSPS) is 36.5. The van der Waals surface area contributed by atoms with Crippen LogP contribution in [0.5, 0.6) is 0 Å². The molecule has 3 fully saturated rings. The summed E-state index contributed by atoms with van der Waals surface area (Å²) in [7, 11) is -2.07. The largest absolute Gasteiger partial charge is 0.399 e. The molecule has 0 aromatic heterocycles. The summed E-state index contributed by atoms with van der Waals surface area (Å²) >= 11 is 0. The van der Waals surface area contributed by atoms with E-state index < -0.39 is 10.0 Å². The van der Waals surface area contributed by atoms with Crippen molar-refractivity contribution in [1.82, 2.24) is 4.72 Å². The zero-order chi connectivity index (χ0) is 14.8. The Hall–Kier alpha value is -1.27. The van der Waals surface area contributed by atoms with Gasteiger partial charge in [-0.05, 0) is 68.2 Å². The molecule has 5 nitrogen and oxygen atoms in total. The van der Waals surface area contributed by atoms with Crippen LogP contribution in [-0.2, 0) is 10.0 Å². The number of hydrogen-bond acceptors (Lipinski definition) is 4. The van der Waals surface area contributed by atoms with Crippen LogP contribution in [0.3, 0.4) is 0 Å². The van der Waals surface area contributed by atoms with Crippen LogP contribution in [0.4, 0.5) is 11.4 Å². The zero-order valence-electron chi connectivity index (χ0n) is 12.0. The lowest BCUT2D eigenvalue weighted by atomic mass is 10.0. The van der Waals surface area contributed by atoms with Crippen LogP contribution < -0.4 is 15.8 Å². The fraction of sp³-hybridized carbons (Fsp3) is 0.600. The minimum atomic E-state index is -3.50. The molecule has 1 aromatic rings. The SMILES string of the molecule is CNS(=O)(=O)c1cc(N)ccc1NC1C2C3CCC(C3)C12. The minimum absolute atomic E-state index is 0.252. The summed E-state index contributed by atoms with van der Waals surface area (Å²) in [4.78, 5) is 0.252. The first-order chi connectivity index (χ1) is 10.0. The molecular formula is C15H21N3O2S. The Labute approximate surface area is 125 Å². The Morgan fingerprint density at radius 1 is 1.19 bits per heavy atom. The predicted octanol–water partition coefficient (Wildman–Crippen LogP) is 1.63. The van der Waals surface area contributed by atoms with E-state index in [-0.39, 0.29) is 4.90 Å². The standard InChI is InChI=1S/C15H21N3O2S/c1-17-21(19,20)12-7-10(16)4-5-11(12)18-15-13-8-2-3-9(6-8)14(13)15/h4-5,7-9,13-15,17-18H,2-3,6,16H2,1H3. The maximum Gasteiger partial charge on any atom is 0.242 e. The van der Waals surface area contributed by atoms with Gasteiger partial charge in [-0.3, -0.25) is 0 Å². The van der Waals surface area contributed by atoms with Gasteiger partial charge in [-0.1, -0.05) is 0 Å². The van der Waals surface area contributed by atoms with Crippen molar-refractivity contribution >= 4 is 21.4 Å². The van der Waals surface area contributed by atoms with E-state index in [1.165, 1.54) is 32.4 Å². The molecule has 0 heterocycles. The number of sulfonamides is 1. The van der Waals surface area contributed by atoms with Crippen LogP contribution in [0.25, 0.3) is 0 Å². The third-order valence-electron chi connectivity index (χ3n) is 5.62. The molecule has 0 saturated heterocycles. The van der Waals surface area contributed by atoms with Gasteiger partial charge in [0.05, 0.1) is 5.69 Å². The molecule has 0 spiro atoms. The third-order valence-corrected chi connectivity index (χ3v) is 7.08. The summed E-state index contributed by atoms with van der Waals surface area (Å²) in [6, 6.07) is 5.52. The second kappa shape index (κ2) is 4.36. The molecule has 0 radical (unpaired) electrons. The van der Waals surface area contributed by atoms with Crippen molar-refractivity contribution in [2.75, 3.05) is 18.1 Å². The molecule has 2 bridgehead atoms. The fourth-order valence-electron chi connectivity index (χ4n) is 4.69. The smallest absolute Gasteiger partial charge is 0.242 e. The van der Waals surface area contributed by atoms with Crippen LogP contribution in [0.1, 0.15) is 19.3 Å². The van der Waals surface area contributed by atoms with Crippen LogP contribution in [0.15, 0.2) is 23.1 Å². The van der Waals surface area contributed by atoms with E-state index in [0.29, 0.717) is 17.4 Å². The molecule has 4 unspecified atom stereocenters. The summed E-state index contributed by atoms with van der Waals surface area (Å²) in [6.07, 6.45) is 4.10. The molecule has 4 N–H and O–H groups in total. The first-order valence-electron chi connectivity index (χ1n) is 7.61. The summed E-state index contributed by atoms with van der Waals surface area (Å²) in [5, 5.41) is 3.48. The Morgan fingerprint density at radius 3 is 2.48 bits per heavy atom. The molecular weight excluding hydrogens is 286 g/mol. The van der Waals surface area contributed by atoms with E-state index >= 15 is 0 Å². The topological polar surface area (TPSA) is 84.2 Å². The number of fused-ring (bicyclic) bond motifs is 5. The predicted molar refractivity (Wildman–Crippen MR) is 82.3 cm³/mol. The van der Waals surface area contributed by atoms with Gasteiger partial charge in [0.25, 0.3) is 0 Å².